The Kier molecular flexibility index (Phi) is 3.93. The van der Waals surface area contributed by atoms with Crippen molar-refractivity contribution in [2.45, 2.75) is 25.4 Å². The predicted molar refractivity (Wildman–Crippen MR) is 102 cm³/mol. The molecule has 0 saturated carbocycles. The molecule has 1 atom stereocenters. The third-order valence-corrected chi connectivity index (χ3v) is 5.89. The summed E-state index contributed by atoms with van der Waals surface area (Å²) >= 11 is 0. The quantitative estimate of drug-likeness (QED) is 0.734. The zero-order valence-corrected chi connectivity index (χ0v) is 15.1. The second kappa shape index (κ2) is 6.45. The minimum atomic E-state index is -0.326. The van der Waals surface area contributed by atoms with Crippen LogP contribution in [0.4, 0.5) is 11.6 Å². The number of rotatable bonds is 2. The van der Waals surface area contributed by atoms with Crippen LogP contribution in [0.1, 0.15) is 19.3 Å². The maximum absolute atomic E-state index is 10.5. The Hall–Kier alpha value is -2.74. The van der Waals surface area contributed by atoms with Gasteiger partial charge in [-0.15, -0.1) is 5.10 Å². The van der Waals surface area contributed by atoms with Gasteiger partial charge in [0.25, 0.3) is 0 Å². The van der Waals surface area contributed by atoms with Crippen molar-refractivity contribution in [1.82, 2.24) is 24.6 Å². The van der Waals surface area contributed by atoms with Crippen LogP contribution in [0.5, 0.6) is 0 Å². The number of aromatic nitrogens is 5. The van der Waals surface area contributed by atoms with Crippen molar-refractivity contribution in [3.8, 4) is 0 Å². The van der Waals surface area contributed by atoms with Crippen molar-refractivity contribution in [2.24, 2.45) is 5.41 Å². The molecule has 5 heterocycles. The van der Waals surface area contributed by atoms with Crippen molar-refractivity contribution >= 4 is 17.3 Å². The van der Waals surface area contributed by atoms with Crippen molar-refractivity contribution < 1.29 is 5.11 Å². The molecule has 8 heteroatoms. The van der Waals surface area contributed by atoms with Crippen LogP contribution in [0, 0.1) is 5.41 Å². The van der Waals surface area contributed by atoms with Crippen molar-refractivity contribution in [2.75, 3.05) is 36.0 Å². The molecule has 27 heavy (non-hydrogen) atoms. The topological polar surface area (TPSA) is 82.7 Å². The molecule has 0 aromatic carbocycles. The third-order valence-electron chi connectivity index (χ3n) is 5.89. The molecule has 2 saturated heterocycles. The average Bonchev–Trinajstić information content (AvgIpc) is 3.16. The Morgan fingerprint density at radius 2 is 1.89 bits per heavy atom. The zero-order chi connectivity index (χ0) is 18.3. The smallest absolute Gasteiger partial charge is 0.153 e. The molecule has 3 aromatic heterocycles. The van der Waals surface area contributed by atoms with Crippen LogP contribution < -0.4 is 9.80 Å². The number of piperidine rings is 2. The molecular formula is C19H23N7O. The van der Waals surface area contributed by atoms with E-state index in [1.807, 2.05) is 22.8 Å². The highest BCUT2D eigenvalue weighted by atomic mass is 16.3. The molecule has 3 aromatic rings. The van der Waals surface area contributed by atoms with Crippen molar-refractivity contribution in [3.63, 3.8) is 0 Å². The first-order chi connectivity index (χ1) is 13.2. The number of hydrogen-bond acceptors (Lipinski definition) is 7. The fourth-order valence-corrected chi connectivity index (χ4v) is 4.53. The van der Waals surface area contributed by atoms with Crippen LogP contribution in [-0.2, 0) is 0 Å². The van der Waals surface area contributed by atoms with Gasteiger partial charge in [0.1, 0.15) is 11.6 Å². The summed E-state index contributed by atoms with van der Waals surface area (Å²) in [4.78, 5) is 17.4. The molecule has 2 fully saturated rings. The normalized spacial score (nSPS) is 22.5. The van der Waals surface area contributed by atoms with E-state index in [4.69, 9.17) is 0 Å². The van der Waals surface area contributed by atoms with E-state index in [1.54, 1.807) is 24.8 Å². The van der Waals surface area contributed by atoms with E-state index >= 15 is 0 Å². The SMILES string of the molecule is OC1CN(c2cnccn2)CC2(CCN(c3ccc4nccn4n3)CC2)C1. The summed E-state index contributed by atoms with van der Waals surface area (Å²) in [6.07, 6.45) is 11.4. The van der Waals surface area contributed by atoms with Gasteiger partial charge in [-0.1, -0.05) is 0 Å². The maximum Gasteiger partial charge on any atom is 0.153 e. The van der Waals surface area contributed by atoms with Crippen molar-refractivity contribution in [3.05, 3.63) is 43.1 Å². The fourth-order valence-electron chi connectivity index (χ4n) is 4.53. The largest absolute Gasteiger partial charge is 0.391 e. The van der Waals surface area contributed by atoms with Gasteiger partial charge < -0.3 is 14.9 Å². The molecule has 0 bridgehead atoms. The van der Waals surface area contributed by atoms with Crippen LogP contribution in [-0.4, -0.2) is 62.0 Å². The Balaban J connectivity index is 1.32. The summed E-state index contributed by atoms with van der Waals surface area (Å²) in [5, 5.41) is 15.2. The second-order valence-corrected chi connectivity index (χ2v) is 7.71. The summed E-state index contributed by atoms with van der Waals surface area (Å²) in [6, 6.07) is 4.05. The lowest BCUT2D eigenvalue weighted by molar-refractivity contribution is 0.0594. The first-order valence-corrected chi connectivity index (χ1v) is 9.45. The van der Waals surface area contributed by atoms with E-state index in [-0.39, 0.29) is 11.5 Å². The lowest BCUT2D eigenvalue weighted by Gasteiger charge is -2.49. The van der Waals surface area contributed by atoms with Gasteiger partial charge in [0.2, 0.25) is 0 Å². The summed E-state index contributed by atoms with van der Waals surface area (Å²) in [5.74, 6) is 1.84. The Morgan fingerprint density at radius 1 is 1.00 bits per heavy atom. The molecule has 1 spiro atoms. The minimum absolute atomic E-state index is 0.116. The average molecular weight is 365 g/mol. The fraction of sp³-hybridized carbons (Fsp3) is 0.474. The van der Waals surface area contributed by atoms with Crippen molar-refractivity contribution in [1.29, 1.82) is 0 Å². The molecule has 5 rings (SSSR count). The number of nitrogens with zero attached hydrogens (tertiary/aromatic N) is 7. The van der Waals surface area contributed by atoms with Gasteiger partial charge >= 0.3 is 0 Å². The lowest BCUT2D eigenvalue weighted by atomic mass is 9.71. The van der Waals surface area contributed by atoms with Gasteiger partial charge in [-0.3, -0.25) is 4.98 Å². The third kappa shape index (κ3) is 3.10. The lowest BCUT2D eigenvalue weighted by Crippen LogP contribution is -2.54. The van der Waals surface area contributed by atoms with E-state index in [2.05, 4.69) is 29.9 Å². The molecule has 1 N–H and O–H groups in total. The highest BCUT2D eigenvalue weighted by Crippen LogP contribution is 2.41. The summed E-state index contributed by atoms with van der Waals surface area (Å²) in [5.41, 5.74) is 0.979. The van der Waals surface area contributed by atoms with E-state index < -0.39 is 0 Å². The zero-order valence-electron chi connectivity index (χ0n) is 15.1. The first-order valence-electron chi connectivity index (χ1n) is 9.45. The molecular weight excluding hydrogens is 342 g/mol. The standard InChI is InChI=1S/C19H23N7O/c27-15-11-19(14-25(13-15)18-12-20-5-6-21-18)3-8-24(9-4-19)17-2-1-16-22-7-10-26(16)23-17/h1-2,5-7,10,12,15,27H,3-4,8-9,11,13-14H2. The van der Waals surface area contributed by atoms with Gasteiger partial charge in [-0.25, -0.2) is 14.5 Å². The van der Waals surface area contributed by atoms with Gasteiger partial charge in [-0.05, 0) is 36.8 Å². The number of imidazole rings is 1. The van der Waals surface area contributed by atoms with Gasteiger partial charge in [-0.2, -0.15) is 0 Å². The molecule has 140 valence electrons. The van der Waals surface area contributed by atoms with E-state index in [0.29, 0.717) is 6.54 Å². The van der Waals surface area contributed by atoms with Crippen LogP contribution in [0.25, 0.3) is 5.65 Å². The van der Waals surface area contributed by atoms with Crippen LogP contribution in [0.2, 0.25) is 0 Å². The van der Waals surface area contributed by atoms with Crippen LogP contribution >= 0.6 is 0 Å². The second-order valence-electron chi connectivity index (χ2n) is 7.71. The number of hydrogen-bond donors (Lipinski definition) is 1. The molecule has 2 aliphatic heterocycles. The number of aliphatic hydroxyl groups excluding tert-OH is 1. The molecule has 0 radical (unpaired) electrons. The number of fused-ring (bicyclic) bond motifs is 1. The Bertz CT molecular complexity index is 920. The molecule has 0 amide bonds. The van der Waals surface area contributed by atoms with Gasteiger partial charge in [0.05, 0.1) is 12.3 Å². The molecule has 1 unspecified atom stereocenters. The number of β-amino-alcohol motifs (C(OH)–C–C–N with tert-alkyl or cyclic N) is 1. The van der Waals surface area contributed by atoms with Crippen LogP contribution in [0.3, 0.4) is 0 Å². The number of anilines is 2. The maximum atomic E-state index is 10.5. The molecule has 8 nitrogen and oxygen atoms in total. The summed E-state index contributed by atoms with van der Waals surface area (Å²) < 4.78 is 1.82. The van der Waals surface area contributed by atoms with Crippen LogP contribution in [0.15, 0.2) is 43.1 Å². The van der Waals surface area contributed by atoms with E-state index in [9.17, 15) is 5.11 Å². The van der Waals surface area contributed by atoms with E-state index in [1.165, 1.54) is 0 Å². The highest BCUT2D eigenvalue weighted by Gasteiger charge is 2.42. The minimum Gasteiger partial charge on any atom is -0.391 e. The Morgan fingerprint density at radius 3 is 2.70 bits per heavy atom. The predicted octanol–water partition coefficient (Wildman–Crippen LogP) is 1.38. The monoisotopic (exact) mass is 365 g/mol. The first kappa shape index (κ1) is 16.4. The molecule has 2 aliphatic rings. The van der Waals surface area contributed by atoms with Gasteiger partial charge in [0, 0.05) is 51.0 Å². The Labute approximate surface area is 157 Å². The van der Waals surface area contributed by atoms with Gasteiger partial charge in [0.15, 0.2) is 5.65 Å². The summed E-state index contributed by atoms with van der Waals surface area (Å²) in [6.45, 7) is 3.43. The van der Waals surface area contributed by atoms with E-state index in [0.717, 1.165) is 56.2 Å². The number of aliphatic hydroxyl groups is 1. The molecule has 0 aliphatic carbocycles. The summed E-state index contributed by atoms with van der Waals surface area (Å²) in [7, 11) is 0. The highest BCUT2D eigenvalue weighted by molar-refractivity contribution is 5.46.